The molecule has 2 heteroatoms. The third kappa shape index (κ3) is 2.54. The van der Waals surface area contributed by atoms with Gasteiger partial charge in [0.05, 0.1) is 7.11 Å². The van der Waals surface area contributed by atoms with E-state index in [4.69, 9.17) is 10.5 Å². The Morgan fingerprint density at radius 3 is 2.17 bits per heavy atom. The van der Waals surface area contributed by atoms with Crippen molar-refractivity contribution in [2.45, 2.75) is 20.4 Å². The molecule has 0 aliphatic carbocycles. The zero-order valence-corrected chi connectivity index (χ0v) is 11.2. The van der Waals surface area contributed by atoms with Gasteiger partial charge in [-0.3, -0.25) is 0 Å². The van der Waals surface area contributed by atoms with Gasteiger partial charge in [0.2, 0.25) is 0 Å². The first kappa shape index (κ1) is 12.7. The van der Waals surface area contributed by atoms with Crippen molar-refractivity contribution in [2.24, 2.45) is 5.73 Å². The normalized spacial score (nSPS) is 10.4. The molecule has 2 nitrogen and oxygen atoms in total. The van der Waals surface area contributed by atoms with Gasteiger partial charge in [0, 0.05) is 12.1 Å². The molecule has 18 heavy (non-hydrogen) atoms. The first-order valence-electron chi connectivity index (χ1n) is 6.09. The van der Waals surface area contributed by atoms with Gasteiger partial charge in [-0.1, -0.05) is 35.4 Å². The van der Waals surface area contributed by atoms with Crippen molar-refractivity contribution in [3.63, 3.8) is 0 Å². The minimum atomic E-state index is 0.488. The van der Waals surface area contributed by atoms with Crippen LogP contribution in [0, 0.1) is 13.8 Å². The summed E-state index contributed by atoms with van der Waals surface area (Å²) in [6.07, 6.45) is 0. The zero-order chi connectivity index (χ0) is 13.1. The number of hydrogen-bond donors (Lipinski definition) is 1. The highest BCUT2D eigenvalue weighted by molar-refractivity contribution is 5.67. The minimum Gasteiger partial charge on any atom is -0.496 e. The molecule has 0 heterocycles. The molecule has 2 aromatic carbocycles. The highest BCUT2D eigenvalue weighted by Gasteiger charge is 2.05. The molecular formula is C16H19NO. The van der Waals surface area contributed by atoms with Crippen LogP contribution in [0.15, 0.2) is 36.4 Å². The fraction of sp³-hybridized carbons (Fsp3) is 0.250. The van der Waals surface area contributed by atoms with E-state index in [9.17, 15) is 0 Å². The van der Waals surface area contributed by atoms with Gasteiger partial charge in [-0.05, 0) is 37.1 Å². The van der Waals surface area contributed by atoms with Crippen LogP contribution in [0.5, 0.6) is 5.75 Å². The number of benzene rings is 2. The van der Waals surface area contributed by atoms with Crippen LogP contribution >= 0.6 is 0 Å². The van der Waals surface area contributed by atoms with Gasteiger partial charge in [-0.15, -0.1) is 0 Å². The molecule has 0 aromatic heterocycles. The van der Waals surface area contributed by atoms with Gasteiger partial charge in [0.25, 0.3) is 0 Å². The third-order valence-electron chi connectivity index (χ3n) is 3.06. The van der Waals surface area contributed by atoms with E-state index < -0.39 is 0 Å². The van der Waals surface area contributed by atoms with Gasteiger partial charge in [-0.25, -0.2) is 0 Å². The summed E-state index contributed by atoms with van der Waals surface area (Å²) in [7, 11) is 1.67. The lowest BCUT2D eigenvalue weighted by atomic mass is 9.99. The molecule has 0 atom stereocenters. The summed E-state index contributed by atoms with van der Waals surface area (Å²) in [5.41, 5.74) is 11.7. The van der Waals surface area contributed by atoms with E-state index in [1.165, 1.54) is 22.3 Å². The molecule has 0 fully saturated rings. The Bertz CT molecular complexity index is 541. The molecule has 0 aliphatic heterocycles. The van der Waals surface area contributed by atoms with Gasteiger partial charge >= 0.3 is 0 Å². The molecule has 0 spiro atoms. The Labute approximate surface area is 108 Å². The molecule has 0 aliphatic rings. The highest BCUT2D eigenvalue weighted by atomic mass is 16.5. The lowest BCUT2D eigenvalue weighted by Crippen LogP contribution is -2.00. The summed E-state index contributed by atoms with van der Waals surface area (Å²) in [4.78, 5) is 0. The summed E-state index contributed by atoms with van der Waals surface area (Å²) in [6, 6.07) is 12.7. The summed E-state index contributed by atoms with van der Waals surface area (Å²) >= 11 is 0. The summed E-state index contributed by atoms with van der Waals surface area (Å²) in [5, 5.41) is 0. The fourth-order valence-corrected chi connectivity index (χ4v) is 2.26. The average molecular weight is 241 g/mol. The molecule has 2 aromatic rings. The van der Waals surface area contributed by atoms with Crippen LogP contribution in [0.2, 0.25) is 0 Å². The van der Waals surface area contributed by atoms with Crippen molar-refractivity contribution in [2.75, 3.05) is 7.11 Å². The van der Waals surface area contributed by atoms with Crippen molar-refractivity contribution in [1.82, 2.24) is 0 Å². The van der Waals surface area contributed by atoms with Crippen LogP contribution in [0.25, 0.3) is 11.1 Å². The van der Waals surface area contributed by atoms with E-state index in [1.807, 2.05) is 6.07 Å². The van der Waals surface area contributed by atoms with Crippen LogP contribution in [0.4, 0.5) is 0 Å². The van der Waals surface area contributed by atoms with Gasteiger partial charge in [0.15, 0.2) is 0 Å². The largest absolute Gasteiger partial charge is 0.496 e. The molecule has 94 valence electrons. The molecule has 0 amide bonds. The predicted molar refractivity (Wildman–Crippen MR) is 75.8 cm³/mol. The molecular weight excluding hydrogens is 222 g/mol. The number of aryl methyl sites for hydroxylation is 2. The van der Waals surface area contributed by atoms with Crippen LogP contribution < -0.4 is 10.5 Å². The van der Waals surface area contributed by atoms with Crippen LogP contribution in [-0.2, 0) is 6.54 Å². The van der Waals surface area contributed by atoms with E-state index in [-0.39, 0.29) is 0 Å². The quantitative estimate of drug-likeness (QED) is 0.893. The lowest BCUT2D eigenvalue weighted by molar-refractivity contribution is 0.410. The molecule has 0 radical (unpaired) electrons. The second-order valence-corrected chi connectivity index (χ2v) is 4.61. The van der Waals surface area contributed by atoms with Crippen molar-refractivity contribution in [3.05, 3.63) is 53.1 Å². The highest BCUT2D eigenvalue weighted by Crippen LogP contribution is 2.27. The SMILES string of the molecule is COc1ccc(-c2cc(C)cc(C)c2)cc1CN. The van der Waals surface area contributed by atoms with Gasteiger partial charge < -0.3 is 10.5 Å². The second kappa shape index (κ2) is 5.23. The number of nitrogens with two attached hydrogens (primary N) is 1. The van der Waals surface area contributed by atoms with E-state index >= 15 is 0 Å². The Morgan fingerprint density at radius 2 is 1.61 bits per heavy atom. The lowest BCUT2D eigenvalue weighted by Gasteiger charge is -2.10. The molecule has 0 unspecified atom stereocenters. The first-order valence-corrected chi connectivity index (χ1v) is 6.09. The van der Waals surface area contributed by atoms with E-state index in [2.05, 4.69) is 44.2 Å². The van der Waals surface area contributed by atoms with E-state index in [0.29, 0.717) is 6.54 Å². The number of hydrogen-bond acceptors (Lipinski definition) is 2. The summed E-state index contributed by atoms with van der Waals surface area (Å²) in [5.74, 6) is 0.852. The van der Waals surface area contributed by atoms with Crippen LogP contribution in [0.1, 0.15) is 16.7 Å². The standard InChI is InChI=1S/C16H19NO/c1-11-6-12(2)8-14(7-11)13-4-5-16(18-3)15(9-13)10-17/h4-9H,10,17H2,1-3H3. The maximum absolute atomic E-state index is 5.75. The molecule has 0 saturated carbocycles. The van der Waals surface area contributed by atoms with Crippen molar-refractivity contribution >= 4 is 0 Å². The second-order valence-electron chi connectivity index (χ2n) is 4.61. The first-order chi connectivity index (χ1) is 8.63. The van der Waals surface area contributed by atoms with Gasteiger partial charge in [-0.2, -0.15) is 0 Å². The van der Waals surface area contributed by atoms with Crippen molar-refractivity contribution in [3.8, 4) is 16.9 Å². The summed E-state index contributed by atoms with van der Waals surface area (Å²) in [6.45, 7) is 4.72. The molecule has 2 N–H and O–H groups in total. The van der Waals surface area contributed by atoms with Crippen molar-refractivity contribution in [1.29, 1.82) is 0 Å². The Hall–Kier alpha value is -1.80. The number of rotatable bonds is 3. The molecule has 2 rings (SSSR count). The Kier molecular flexibility index (Phi) is 3.68. The third-order valence-corrected chi connectivity index (χ3v) is 3.06. The van der Waals surface area contributed by atoms with Crippen molar-refractivity contribution < 1.29 is 4.74 Å². The van der Waals surface area contributed by atoms with E-state index in [1.54, 1.807) is 7.11 Å². The smallest absolute Gasteiger partial charge is 0.123 e. The van der Waals surface area contributed by atoms with Gasteiger partial charge in [0.1, 0.15) is 5.75 Å². The van der Waals surface area contributed by atoms with E-state index in [0.717, 1.165) is 11.3 Å². The minimum absolute atomic E-state index is 0.488. The average Bonchev–Trinajstić information content (AvgIpc) is 2.36. The predicted octanol–water partition coefficient (Wildman–Crippen LogP) is 3.44. The number of ether oxygens (including phenoxy) is 1. The molecule has 0 saturated heterocycles. The Balaban J connectivity index is 2.50. The molecule has 0 bridgehead atoms. The Morgan fingerprint density at radius 1 is 0.944 bits per heavy atom. The maximum Gasteiger partial charge on any atom is 0.123 e. The van der Waals surface area contributed by atoms with Crippen LogP contribution in [-0.4, -0.2) is 7.11 Å². The zero-order valence-electron chi connectivity index (χ0n) is 11.2. The fourth-order valence-electron chi connectivity index (χ4n) is 2.26. The maximum atomic E-state index is 5.75. The van der Waals surface area contributed by atoms with Crippen LogP contribution in [0.3, 0.4) is 0 Å². The summed E-state index contributed by atoms with van der Waals surface area (Å²) < 4.78 is 5.29. The topological polar surface area (TPSA) is 35.2 Å². The number of methoxy groups -OCH3 is 1. The monoisotopic (exact) mass is 241 g/mol.